The highest BCUT2D eigenvalue weighted by molar-refractivity contribution is 5.21. The highest BCUT2D eigenvalue weighted by Gasteiger charge is 2.27. The average molecular weight is 276 g/mol. The fourth-order valence-corrected chi connectivity index (χ4v) is 1.71. The first-order chi connectivity index (χ1) is 8.87. The Labute approximate surface area is 111 Å². The Balaban J connectivity index is 2.14. The van der Waals surface area contributed by atoms with Gasteiger partial charge in [-0.25, -0.2) is 0 Å². The molecule has 0 amide bonds. The number of hydrogen-bond donors (Lipinski definition) is 1. The summed E-state index contributed by atoms with van der Waals surface area (Å²) in [7, 11) is 0. The molecule has 1 aromatic carbocycles. The van der Waals surface area contributed by atoms with E-state index < -0.39 is 18.9 Å². The van der Waals surface area contributed by atoms with Gasteiger partial charge in [-0.15, -0.1) is 0 Å². The van der Waals surface area contributed by atoms with Crippen molar-refractivity contribution in [2.75, 3.05) is 13.2 Å². The first-order valence-electron chi connectivity index (χ1n) is 6.25. The van der Waals surface area contributed by atoms with Gasteiger partial charge in [-0.2, -0.15) is 13.2 Å². The van der Waals surface area contributed by atoms with Crippen molar-refractivity contribution in [3.8, 4) is 0 Å². The van der Waals surface area contributed by atoms with E-state index in [1.165, 1.54) is 0 Å². The molecular weight excluding hydrogens is 257 g/mol. The Kier molecular flexibility index (Phi) is 6.31. The van der Waals surface area contributed by atoms with Gasteiger partial charge in [-0.05, 0) is 31.7 Å². The van der Waals surface area contributed by atoms with E-state index in [4.69, 9.17) is 0 Å². The molecule has 19 heavy (non-hydrogen) atoms. The van der Waals surface area contributed by atoms with E-state index in [0.717, 1.165) is 11.1 Å². The van der Waals surface area contributed by atoms with Crippen LogP contribution in [0.4, 0.5) is 13.2 Å². The number of alkyl halides is 3. The summed E-state index contributed by atoms with van der Waals surface area (Å²) in [5, 5.41) is 9.75. The zero-order valence-corrected chi connectivity index (χ0v) is 10.9. The largest absolute Gasteiger partial charge is 0.411 e. The second kappa shape index (κ2) is 7.50. The maximum atomic E-state index is 11.8. The van der Waals surface area contributed by atoms with E-state index in [0.29, 0.717) is 19.3 Å². The van der Waals surface area contributed by atoms with Gasteiger partial charge in [-0.1, -0.05) is 29.8 Å². The number of aliphatic hydroxyl groups is 1. The zero-order chi connectivity index (χ0) is 14.3. The lowest BCUT2D eigenvalue weighted by Crippen LogP contribution is -2.18. The molecule has 1 aromatic rings. The lowest BCUT2D eigenvalue weighted by atomic mass is 10.0. The predicted molar refractivity (Wildman–Crippen MR) is 67.0 cm³/mol. The summed E-state index contributed by atoms with van der Waals surface area (Å²) < 4.78 is 39.8. The maximum Gasteiger partial charge on any atom is 0.411 e. The van der Waals surface area contributed by atoms with E-state index in [1.54, 1.807) is 0 Å². The van der Waals surface area contributed by atoms with Crippen LogP contribution >= 0.6 is 0 Å². The monoisotopic (exact) mass is 276 g/mol. The number of hydrogen-bond acceptors (Lipinski definition) is 2. The van der Waals surface area contributed by atoms with Crippen molar-refractivity contribution < 1.29 is 23.0 Å². The molecular formula is C14H19F3O2. The van der Waals surface area contributed by atoms with Gasteiger partial charge in [0.05, 0.1) is 6.10 Å². The van der Waals surface area contributed by atoms with Crippen molar-refractivity contribution in [3.63, 3.8) is 0 Å². The molecule has 0 spiro atoms. The van der Waals surface area contributed by atoms with Gasteiger partial charge >= 0.3 is 6.18 Å². The van der Waals surface area contributed by atoms with Crippen LogP contribution in [-0.2, 0) is 11.2 Å². The van der Waals surface area contributed by atoms with Crippen LogP contribution in [-0.4, -0.2) is 30.6 Å². The minimum absolute atomic E-state index is 0.0183. The van der Waals surface area contributed by atoms with Gasteiger partial charge < -0.3 is 9.84 Å². The topological polar surface area (TPSA) is 29.5 Å². The quantitative estimate of drug-likeness (QED) is 0.775. The van der Waals surface area contributed by atoms with Crippen LogP contribution in [0.5, 0.6) is 0 Å². The minimum Gasteiger partial charge on any atom is -0.393 e. The summed E-state index contributed by atoms with van der Waals surface area (Å²) in [5.41, 5.74) is 2.17. The van der Waals surface area contributed by atoms with Crippen LogP contribution in [0.15, 0.2) is 24.3 Å². The van der Waals surface area contributed by atoms with E-state index >= 15 is 0 Å². The van der Waals surface area contributed by atoms with Crippen molar-refractivity contribution >= 4 is 0 Å². The number of benzene rings is 1. The average Bonchev–Trinajstić information content (AvgIpc) is 2.30. The maximum absolute atomic E-state index is 11.8. The van der Waals surface area contributed by atoms with Crippen LogP contribution in [0.2, 0.25) is 0 Å². The van der Waals surface area contributed by atoms with Gasteiger partial charge in [-0.3, -0.25) is 0 Å². The van der Waals surface area contributed by atoms with Gasteiger partial charge in [0.1, 0.15) is 6.61 Å². The first kappa shape index (κ1) is 16.0. The SMILES string of the molecule is Cc1ccc(CC(O)CCCOCC(F)(F)F)cc1. The van der Waals surface area contributed by atoms with Crippen molar-refractivity contribution in [2.45, 2.75) is 38.5 Å². The lowest BCUT2D eigenvalue weighted by Gasteiger charge is -2.11. The van der Waals surface area contributed by atoms with Crippen molar-refractivity contribution in [2.24, 2.45) is 0 Å². The molecule has 0 saturated carbocycles. The summed E-state index contributed by atoms with van der Waals surface area (Å²) in [5.74, 6) is 0. The third-order valence-electron chi connectivity index (χ3n) is 2.68. The highest BCUT2D eigenvalue weighted by atomic mass is 19.4. The molecule has 0 saturated heterocycles. The number of ether oxygens (including phenoxy) is 1. The van der Waals surface area contributed by atoms with Crippen LogP contribution < -0.4 is 0 Å². The standard InChI is InChI=1S/C14H19F3O2/c1-11-4-6-12(7-5-11)9-13(18)3-2-8-19-10-14(15,16)17/h4-7,13,18H,2-3,8-10H2,1H3. The molecule has 1 rings (SSSR count). The Hall–Kier alpha value is -1.07. The molecule has 0 aliphatic carbocycles. The number of rotatable bonds is 7. The predicted octanol–water partition coefficient (Wildman–Crippen LogP) is 3.26. The normalized spacial score (nSPS) is 13.5. The molecule has 0 bridgehead atoms. The highest BCUT2D eigenvalue weighted by Crippen LogP contribution is 2.15. The molecule has 0 aromatic heterocycles. The molecule has 108 valence electrons. The fourth-order valence-electron chi connectivity index (χ4n) is 1.71. The van der Waals surface area contributed by atoms with Crippen molar-refractivity contribution in [1.82, 2.24) is 0 Å². The summed E-state index contributed by atoms with van der Waals surface area (Å²) in [6, 6.07) is 7.82. The Morgan fingerprint density at radius 3 is 2.42 bits per heavy atom. The van der Waals surface area contributed by atoms with Gasteiger partial charge in [0.15, 0.2) is 0 Å². The van der Waals surface area contributed by atoms with Crippen molar-refractivity contribution in [3.05, 3.63) is 35.4 Å². The van der Waals surface area contributed by atoms with Crippen LogP contribution in [0, 0.1) is 6.92 Å². The van der Waals surface area contributed by atoms with Crippen LogP contribution in [0.25, 0.3) is 0 Å². The smallest absolute Gasteiger partial charge is 0.393 e. The second-order valence-electron chi connectivity index (χ2n) is 4.65. The Bertz CT molecular complexity index is 360. The Morgan fingerprint density at radius 2 is 1.84 bits per heavy atom. The summed E-state index contributed by atoms with van der Waals surface area (Å²) in [4.78, 5) is 0. The first-order valence-corrected chi connectivity index (χ1v) is 6.25. The Morgan fingerprint density at radius 1 is 1.21 bits per heavy atom. The summed E-state index contributed by atoms with van der Waals surface area (Å²) in [6.07, 6.45) is -3.45. The van der Waals surface area contributed by atoms with Crippen LogP contribution in [0.3, 0.4) is 0 Å². The second-order valence-corrected chi connectivity index (χ2v) is 4.65. The van der Waals surface area contributed by atoms with Gasteiger partial charge in [0, 0.05) is 6.61 Å². The molecule has 0 radical (unpaired) electrons. The number of halogens is 3. The molecule has 5 heteroatoms. The lowest BCUT2D eigenvalue weighted by molar-refractivity contribution is -0.174. The third kappa shape index (κ3) is 7.85. The number of aryl methyl sites for hydroxylation is 1. The summed E-state index contributed by atoms with van der Waals surface area (Å²) in [6.45, 7) is 0.781. The molecule has 0 heterocycles. The van der Waals surface area contributed by atoms with Crippen LogP contribution in [0.1, 0.15) is 24.0 Å². The molecule has 1 unspecified atom stereocenters. The third-order valence-corrected chi connectivity index (χ3v) is 2.68. The zero-order valence-electron chi connectivity index (χ0n) is 10.9. The molecule has 0 aliphatic rings. The van der Waals surface area contributed by atoms with E-state index in [2.05, 4.69) is 4.74 Å². The van der Waals surface area contributed by atoms with E-state index in [1.807, 2.05) is 31.2 Å². The summed E-state index contributed by atoms with van der Waals surface area (Å²) >= 11 is 0. The number of aliphatic hydroxyl groups excluding tert-OH is 1. The molecule has 1 atom stereocenters. The fraction of sp³-hybridized carbons (Fsp3) is 0.571. The molecule has 1 N–H and O–H groups in total. The van der Waals surface area contributed by atoms with Gasteiger partial charge in [0.25, 0.3) is 0 Å². The molecule has 2 nitrogen and oxygen atoms in total. The molecule has 0 aliphatic heterocycles. The van der Waals surface area contributed by atoms with E-state index in [-0.39, 0.29) is 6.61 Å². The molecule has 0 fully saturated rings. The minimum atomic E-state index is -4.28. The van der Waals surface area contributed by atoms with Gasteiger partial charge in [0.2, 0.25) is 0 Å². The van der Waals surface area contributed by atoms with E-state index in [9.17, 15) is 18.3 Å². The van der Waals surface area contributed by atoms with Crippen molar-refractivity contribution in [1.29, 1.82) is 0 Å².